The summed E-state index contributed by atoms with van der Waals surface area (Å²) in [7, 11) is -3.63. The molecule has 0 aliphatic rings. The van der Waals surface area contributed by atoms with Crippen LogP contribution in [0.3, 0.4) is 0 Å². The van der Waals surface area contributed by atoms with Gasteiger partial charge in [-0.15, -0.1) is 0 Å². The molecule has 0 unspecified atom stereocenters. The highest BCUT2D eigenvalue weighted by molar-refractivity contribution is 7.89. The first-order valence-electron chi connectivity index (χ1n) is 8.84. The van der Waals surface area contributed by atoms with Crippen LogP contribution in [0.15, 0.2) is 53.4 Å². The van der Waals surface area contributed by atoms with Gasteiger partial charge in [-0.3, -0.25) is 4.79 Å². The molecule has 2 rings (SSSR count). The van der Waals surface area contributed by atoms with Crippen LogP contribution in [0.1, 0.15) is 49.5 Å². The number of nitrogens with one attached hydrogen (secondary N) is 2. The van der Waals surface area contributed by atoms with Gasteiger partial charge in [-0.2, -0.15) is 0 Å². The molecule has 5 nitrogen and oxygen atoms in total. The second kappa shape index (κ2) is 8.96. The normalized spacial score (nSPS) is 11.5. The molecule has 0 bridgehead atoms. The Hall–Kier alpha value is -2.18. The van der Waals surface area contributed by atoms with Crippen LogP contribution in [0.5, 0.6) is 0 Å². The van der Waals surface area contributed by atoms with Crippen molar-refractivity contribution < 1.29 is 13.2 Å². The van der Waals surface area contributed by atoms with Gasteiger partial charge in [0.2, 0.25) is 10.0 Å². The van der Waals surface area contributed by atoms with Crippen LogP contribution in [0, 0.1) is 0 Å². The molecular formula is C20H26N2O3S. The molecule has 2 aromatic rings. The van der Waals surface area contributed by atoms with Gasteiger partial charge in [0, 0.05) is 17.3 Å². The van der Waals surface area contributed by atoms with Gasteiger partial charge in [-0.1, -0.05) is 31.5 Å². The van der Waals surface area contributed by atoms with Gasteiger partial charge in [0.1, 0.15) is 0 Å². The second-order valence-corrected chi connectivity index (χ2v) is 8.27. The van der Waals surface area contributed by atoms with E-state index in [0.717, 1.165) is 19.3 Å². The van der Waals surface area contributed by atoms with Crippen molar-refractivity contribution in [1.29, 1.82) is 0 Å². The molecule has 0 radical (unpaired) electrons. The van der Waals surface area contributed by atoms with Crippen LogP contribution in [0.2, 0.25) is 0 Å². The number of carbonyl (C=O) groups is 1. The van der Waals surface area contributed by atoms with Crippen molar-refractivity contribution in [3.05, 3.63) is 59.7 Å². The fourth-order valence-electron chi connectivity index (χ4n) is 2.52. The Kier molecular flexibility index (Phi) is 6.94. The maximum atomic E-state index is 12.4. The predicted octanol–water partition coefficient (Wildman–Crippen LogP) is 3.97. The first-order valence-corrected chi connectivity index (χ1v) is 10.3. The van der Waals surface area contributed by atoms with Crippen molar-refractivity contribution in [2.24, 2.45) is 0 Å². The van der Waals surface area contributed by atoms with Gasteiger partial charge in [0.05, 0.1) is 4.90 Å². The molecule has 2 aromatic carbocycles. The third-order valence-corrected chi connectivity index (χ3v) is 5.48. The summed E-state index contributed by atoms with van der Waals surface area (Å²) in [5, 5.41) is 2.81. The lowest BCUT2D eigenvalue weighted by molar-refractivity contribution is 0.102. The Morgan fingerprint density at radius 3 is 2.38 bits per heavy atom. The van der Waals surface area contributed by atoms with Gasteiger partial charge < -0.3 is 5.32 Å². The van der Waals surface area contributed by atoms with E-state index in [0.29, 0.717) is 11.3 Å². The molecule has 0 saturated carbocycles. The van der Waals surface area contributed by atoms with Crippen LogP contribution >= 0.6 is 0 Å². The van der Waals surface area contributed by atoms with Crippen molar-refractivity contribution in [3.63, 3.8) is 0 Å². The van der Waals surface area contributed by atoms with Crippen molar-refractivity contribution in [3.8, 4) is 0 Å². The summed E-state index contributed by atoms with van der Waals surface area (Å²) < 4.78 is 27.0. The van der Waals surface area contributed by atoms with E-state index < -0.39 is 10.0 Å². The number of anilines is 1. The van der Waals surface area contributed by atoms with Gasteiger partial charge in [-0.05, 0) is 62.6 Å². The highest BCUT2D eigenvalue weighted by atomic mass is 32.2. The lowest BCUT2D eigenvalue weighted by atomic mass is 10.1. The number of hydrogen-bond acceptors (Lipinski definition) is 3. The second-order valence-electron chi connectivity index (χ2n) is 6.56. The SMILES string of the molecule is CCCCc1ccc(NC(=O)c2cccc(S(=O)(=O)NC(C)C)c2)cc1. The van der Waals surface area contributed by atoms with Crippen LogP contribution in [-0.4, -0.2) is 20.4 Å². The van der Waals surface area contributed by atoms with E-state index in [4.69, 9.17) is 0 Å². The molecule has 1 amide bonds. The molecule has 0 spiro atoms. The molecule has 0 fully saturated rings. The summed E-state index contributed by atoms with van der Waals surface area (Å²) in [5.74, 6) is -0.340. The highest BCUT2D eigenvalue weighted by Crippen LogP contribution is 2.16. The molecule has 0 aliphatic heterocycles. The third kappa shape index (κ3) is 5.68. The van der Waals surface area contributed by atoms with Gasteiger partial charge in [0.15, 0.2) is 0 Å². The third-order valence-electron chi connectivity index (χ3n) is 3.83. The lowest BCUT2D eigenvalue weighted by Crippen LogP contribution is -2.30. The molecule has 0 heterocycles. The Morgan fingerprint density at radius 2 is 1.77 bits per heavy atom. The zero-order valence-corrected chi connectivity index (χ0v) is 16.3. The molecular weight excluding hydrogens is 348 g/mol. The minimum Gasteiger partial charge on any atom is -0.322 e. The molecule has 0 atom stereocenters. The van der Waals surface area contributed by atoms with Crippen molar-refractivity contribution in [1.82, 2.24) is 4.72 Å². The zero-order chi connectivity index (χ0) is 19.2. The average Bonchev–Trinajstić information content (AvgIpc) is 2.60. The van der Waals surface area contributed by atoms with Crippen LogP contribution < -0.4 is 10.0 Å². The molecule has 26 heavy (non-hydrogen) atoms. The summed E-state index contributed by atoms with van der Waals surface area (Å²) >= 11 is 0. The lowest BCUT2D eigenvalue weighted by Gasteiger charge is -2.11. The molecule has 0 aliphatic carbocycles. The smallest absolute Gasteiger partial charge is 0.255 e. The Labute approximate surface area is 155 Å². The number of rotatable bonds is 8. The molecule has 0 saturated heterocycles. The average molecular weight is 375 g/mol. The molecule has 6 heteroatoms. The number of hydrogen-bond donors (Lipinski definition) is 2. The Balaban J connectivity index is 2.11. The maximum absolute atomic E-state index is 12.4. The Bertz CT molecular complexity index is 844. The number of benzene rings is 2. The minimum atomic E-state index is -3.63. The summed E-state index contributed by atoms with van der Waals surface area (Å²) in [4.78, 5) is 12.5. The fraction of sp³-hybridized carbons (Fsp3) is 0.350. The number of aryl methyl sites for hydroxylation is 1. The Morgan fingerprint density at radius 1 is 1.08 bits per heavy atom. The van der Waals surface area contributed by atoms with E-state index in [1.807, 2.05) is 24.3 Å². The minimum absolute atomic E-state index is 0.0776. The number of sulfonamides is 1. The van der Waals surface area contributed by atoms with E-state index in [2.05, 4.69) is 17.0 Å². The molecule has 2 N–H and O–H groups in total. The van der Waals surface area contributed by atoms with Crippen molar-refractivity contribution in [2.45, 2.75) is 51.0 Å². The van der Waals surface area contributed by atoms with E-state index in [-0.39, 0.29) is 16.8 Å². The van der Waals surface area contributed by atoms with E-state index in [9.17, 15) is 13.2 Å². The molecule has 140 valence electrons. The standard InChI is InChI=1S/C20H26N2O3S/c1-4-5-7-16-10-12-18(13-11-16)21-20(23)17-8-6-9-19(14-17)26(24,25)22-15(2)3/h6,8-15,22H,4-5,7H2,1-3H3,(H,21,23). The monoisotopic (exact) mass is 374 g/mol. The molecule has 0 aromatic heterocycles. The van der Waals surface area contributed by atoms with Gasteiger partial charge in [0.25, 0.3) is 5.91 Å². The maximum Gasteiger partial charge on any atom is 0.255 e. The van der Waals surface area contributed by atoms with Crippen LogP contribution in [0.4, 0.5) is 5.69 Å². The van der Waals surface area contributed by atoms with E-state index in [1.54, 1.807) is 26.0 Å². The summed E-state index contributed by atoms with van der Waals surface area (Å²) in [6.07, 6.45) is 3.30. The summed E-state index contributed by atoms with van der Waals surface area (Å²) in [6, 6.07) is 13.5. The van der Waals surface area contributed by atoms with Crippen LogP contribution in [0.25, 0.3) is 0 Å². The first-order chi connectivity index (χ1) is 12.3. The van der Waals surface area contributed by atoms with Crippen molar-refractivity contribution >= 4 is 21.6 Å². The first kappa shape index (κ1) is 20.1. The summed E-state index contributed by atoms with van der Waals surface area (Å²) in [5.41, 5.74) is 2.22. The number of carbonyl (C=O) groups excluding carboxylic acids is 1. The predicted molar refractivity (Wildman–Crippen MR) is 105 cm³/mol. The van der Waals surface area contributed by atoms with Crippen molar-refractivity contribution in [2.75, 3.05) is 5.32 Å². The number of unbranched alkanes of at least 4 members (excludes halogenated alkanes) is 1. The van der Waals surface area contributed by atoms with E-state index in [1.165, 1.54) is 17.7 Å². The number of amides is 1. The highest BCUT2D eigenvalue weighted by Gasteiger charge is 2.17. The van der Waals surface area contributed by atoms with Crippen LogP contribution in [-0.2, 0) is 16.4 Å². The van der Waals surface area contributed by atoms with Gasteiger partial charge >= 0.3 is 0 Å². The van der Waals surface area contributed by atoms with E-state index >= 15 is 0 Å². The summed E-state index contributed by atoms with van der Waals surface area (Å²) in [6.45, 7) is 5.65. The largest absolute Gasteiger partial charge is 0.322 e. The quantitative estimate of drug-likeness (QED) is 0.734. The zero-order valence-electron chi connectivity index (χ0n) is 15.5. The van der Waals surface area contributed by atoms with Gasteiger partial charge in [-0.25, -0.2) is 13.1 Å². The fourth-order valence-corrected chi connectivity index (χ4v) is 3.82. The topological polar surface area (TPSA) is 75.3 Å².